The smallest absolute Gasteiger partial charge is 0.335 e. The van der Waals surface area contributed by atoms with Crippen molar-refractivity contribution in [2.75, 3.05) is 26.2 Å². The van der Waals surface area contributed by atoms with Crippen LogP contribution in [0.2, 0.25) is 0 Å². The number of rotatable bonds is 5. The summed E-state index contributed by atoms with van der Waals surface area (Å²) >= 11 is 0. The van der Waals surface area contributed by atoms with E-state index in [0.29, 0.717) is 31.9 Å². The number of carbonyl (C=O) groups excluding carboxylic acids is 1. The Labute approximate surface area is 189 Å². The fraction of sp³-hybridized carbons (Fsp3) is 0.545. The number of fused-ring (bicyclic) bond motifs is 1. The lowest BCUT2D eigenvalue weighted by molar-refractivity contribution is -0.142. The summed E-state index contributed by atoms with van der Waals surface area (Å²) in [7, 11) is 0. The number of carbonyl (C=O) groups is 1. The fourth-order valence-corrected chi connectivity index (χ4v) is 4.28. The molecule has 4 heterocycles. The molecule has 0 N–H and O–H groups in total. The predicted molar refractivity (Wildman–Crippen MR) is 114 cm³/mol. The van der Waals surface area contributed by atoms with E-state index in [0.717, 1.165) is 47.8 Å². The molecule has 176 valence electrons. The van der Waals surface area contributed by atoms with Gasteiger partial charge < -0.3 is 4.90 Å². The van der Waals surface area contributed by atoms with Gasteiger partial charge in [0.15, 0.2) is 11.3 Å². The number of piperazine rings is 1. The van der Waals surface area contributed by atoms with E-state index in [2.05, 4.69) is 20.1 Å². The van der Waals surface area contributed by atoms with Gasteiger partial charge in [-0.05, 0) is 32.8 Å². The molecule has 0 aromatic carbocycles. The second kappa shape index (κ2) is 8.12. The molecule has 1 amide bonds. The molecule has 0 spiro atoms. The zero-order chi connectivity index (χ0) is 23.3. The highest BCUT2D eigenvalue weighted by Gasteiger charge is 2.38. The van der Waals surface area contributed by atoms with Crippen molar-refractivity contribution >= 4 is 11.6 Å². The summed E-state index contributed by atoms with van der Waals surface area (Å²) in [6.45, 7) is 7.92. The largest absolute Gasteiger partial charge is 0.433 e. The van der Waals surface area contributed by atoms with E-state index in [4.69, 9.17) is 0 Å². The molecule has 3 aromatic rings. The number of aromatic nitrogens is 5. The summed E-state index contributed by atoms with van der Waals surface area (Å²) < 4.78 is 43.5. The topological polar surface area (TPSA) is 71.6 Å². The Morgan fingerprint density at radius 2 is 1.85 bits per heavy atom. The molecular formula is C22H26F3N7O. The summed E-state index contributed by atoms with van der Waals surface area (Å²) in [4.78, 5) is 21.3. The van der Waals surface area contributed by atoms with E-state index in [-0.39, 0.29) is 23.2 Å². The van der Waals surface area contributed by atoms with Crippen LogP contribution in [0, 0.1) is 6.92 Å². The maximum absolute atomic E-state index is 13.6. The second-order valence-corrected chi connectivity index (χ2v) is 8.80. The quantitative estimate of drug-likeness (QED) is 0.584. The van der Waals surface area contributed by atoms with Crippen LogP contribution in [0.1, 0.15) is 58.8 Å². The zero-order valence-electron chi connectivity index (χ0n) is 18.6. The molecule has 1 saturated carbocycles. The van der Waals surface area contributed by atoms with E-state index >= 15 is 0 Å². The van der Waals surface area contributed by atoms with E-state index in [9.17, 15) is 18.0 Å². The maximum Gasteiger partial charge on any atom is 0.433 e. The van der Waals surface area contributed by atoms with Gasteiger partial charge in [-0.25, -0.2) is 9.50 Å². The van der Waals surface area contributed by atoms with Crippen molar-refractivity contribution in [1.29, 1.82) is 0 Å². The van der Waals surface area contributed by atoms with Gasteiger partial charge in [0.05, 0.1) is 5.69 Å². The predicted octanol–water partition coefficient (Wildman–Crippen LogP) is 3.11. The average molecular weight is 461 g/mol. The number of amides is 1. The lowest BCUT2D eigenvalue weighted by Gasteiger charge is -2.34. The molecule has 5 rings (SSSR count). The third-order valence-electron chi connectivity index (χ3n) is 6.38. The Morgan fingerprint density at radius 1 is 1.12 bits per heavy atom. The summed E-state index contributed by atoms with van der Waals surface area (Å²) in [5, 5.41) is 8.48. The van der Waals surface area contributed by atoms with Crippen LogP contribution in [0.25, 0.3) is 5.65 Å². The maximum atomic E-state index is 13.6. The minimum atomic E-state index is -4.58. The molecule has 0 atom stereocenters. The van der Waals surface area contributed by atoms with Crippen LogP contribution in [0.4, 0.5) is 13.2 Å². The first-order valence-corrected chi connectivity index (χ1v) is 11.3. The zero-order valence-corrected chi connectivity index (χ0v) is 18.6. The Bertz CT molecular complexity index is 1190. The molecule has 0 unspecified atom stereocenters. The van der Waals surface area contributed by atoms with Crippen molar-refractivity contribution in [2.45, 2.75) is 51.9 Å². The summed E-state index contributed by atoms with van der Waals surface area (Å²) in [6.07, 6.45) is -0.857. The van der Waals surface area contributed by atoms with Crippen molar-refractivity contribution < 1.29 is 18.0 Å². The van der Waals surface area contributed by atoms with E-state index in [1.807, 2.05) is 24.7 Å². The van der Waals surface area contributed by atoms with Gasteiger partial charge in [-0.2, -0.15) is 23.4 Å². The van der Waals surface area contributed by atoms with E-state index in [1.165, 1.54) is 6.07 Å². The van der Waals surface area contributed by atoms with Crippen LogP contribution in [0.15, 0.2) is 18.3 Å². The van der Waals surface area contributed by atoms with Crippen LogP contribution in [0.5, 0.6) is 0 Å². The van der Waals surface area contributed by atoms with Crippen molar-refractivity contribution in [1.82, 2.24) is 34.2 Å². The van der Waals surface area contributed by atoms with Crippen LogP contribution in [-0.4, -0.2) is 66.3 Å². The highest BCUT2D eigenvalue weighted by molar-refractivity contribution is 5.93. The molecular weight excluding hydrogens is 435 g/mol. The molecule has 0 radical (unpaired) electrons. The van der Waals surface area contributed by atoms with Crippen LogP contribution < -0.4 is 0 Å². The number of hydrogen-bond donors (Lipinski definition) is 0. The fourth-order valence-electron chi connectivity index (χ4n) is 4.28. The molecule has 11 heteroatoms. The number of halogens is 3. The Kier molecular flexibility index (Phi) is 5.38. The minimum absolute atomic E-state index is 0.00513. The normalized spacial score (nSPS) is 17.8. The second-order valence-electron chi connectivity index (χ2n) is 8.80. The van der Waals surface area contributed by atoms with Crippen molar-refractivity contribution in [3.63, 3.8) is 0 Å². The van der Waals surface area contributed by atoms with Gasteiger partial charge >= 0.3 is 6.18 Å². The number of alkyl halides is 3. The first kappa shape index (κ1) is 21.9. The van der Waals surface area contributed by atoms with Gasteiger partial charge in [-0.1, -0.05) is 0 Å². The number of aryl methyl sites for hydroxylation is 2. The molecule has 1 aliphatic heterocycles. The highest BCUT2D eigenvalue weighted by atomic mass is 19.4. The van der Waals surface area contributed by atoms with Crippen molar-refractivity contribution in [3.8, 4) is 0 Å². The SMILES string of the molecule is CCn1cc(CN2CCN(C(=O)c3cc4nc(C5CC5)cc(C(F)(F)F)n4n3)CC2)c(C)n1. The van der Waals surface area contributed by atoms with Crippen LogP contribution in [0.3, 0.4) is 0 Å². The van der Waals surface area contributed by atoms with E-state index < -0.39 is 11.9 Å². The molecule has 8 nitrogen and oxygen atoms in total. The Morgan fingerprint density at radius 3 is 2.45 bits per heavy atom. The third-order valence-corrected chi connectivity index (χ3v) is 6.38. The lowest BCUT2D eigenvalue weighted by atomic mass is 10.2. The van der Waals surface area contributed by atoms with Gasteiger partial charge in [0.1, 0.15) is 5.69 Å². The third kappa shape index (κ3) is 4.33. The first-order chi connectivity index (χ1) is 15.7. The van der Waals surface area contributed by atoms with Gasteiger partial charge in [-0.15, -0.1) is 0 Å². The van der Waals surface area contributed by atoms with Crippen LogP contribution in [-0.2, 0) is 19.3 Å². The monoisotopic (exact) mass is 461 g/mol. The molecule has 33 heavy (non-hydrogen) atoms. The summed E-state index contributed by atoms with van der Waals surface area (Å²) in [5.74, 6) is -0.303. The number of hydrogen-bond acceptors (Lipinski definition) is 5. The highest BCUT2D eigenvalue weighted by Crippen LogP contribution is 2.41. The molecule has 3 aromatic heterocycles. The number of nitrogens with zero attached hydrogens (tertiary/aromatic N) is 7. The Hall–Kier alpha value is -2.95. The summed E-state index contributed by atoms with van der Waals surface area (Å²) in [5.41, 5.74) is 1.75. The van der Waals surface area contributed by atoms with Gasteiger partial charge in [-0.3, -0.25) is 14.4 Å². The molecule has 1 saturated heterocycles. The molecule has 2 aliphatic rings. The Balaban J connectivity index is 1.30. The molecule has 1 aliphatic carbocycles. The van der Waals surface area contributed by atoms with Gasteiger partial charge in [0, 0.05) is 68.7 Å². The standard InChI is InChI=1S/C22H26F3N7O/c1-3-31-13-16(14(2)27-31)12-29-6-8-30(9-7-29)21(33)18-11-20-26-17(15-4-5-15)10-19(22(23,24)25)32(20)28-18/h10-11,13,15H,3-9,12H2,1-2H3. The van der Waals surface area contributed by atoms with Crippen LogP contribution >= 0.6 is 0 Å². The summed E-state index contributed by atoms with van der Waals surface area (Å²) in [6, 6.07) is 2.44. The van der Waals surface area contributed by atoms with Crippen molar-refractivity contribution in [3.05, 3.63) is 46.7 Å². The van der Waals surface area contributed by atoms with Crippen molar-refractivity contribution in [2.24, 2.45) is 0 Å². The molecule has 0 bridgehead atoms. The minimum Gasteiger partial charge on any atom is -0.335 e. The molecule has 2 fully saturated rings. The van der Waals surface area contributed by atoms with Gasteiger partial charge in [0.2, 0.25) is 0 Å². The van der Waals surface area contributed by atoms with E-state index in [1.54, 1.807) is 4.90 Å². The lowest BCUT2D eigenvalue weighted by Crippen LogP contribution is -2.48. The average Bonchev–Trinajstić information content (AvgIpc) is 3.45. The first-order valence-electron chi connectivity index (χ1n) is 11.3. The van der Waals surface area contributed by atoms with Gasteiger partial charge in [0.25, 0.3) is 5.91 Å².